The third kappa shape index (κ3) is 17.1. The number of hydrogen-bond acceptors (Lipinski definition) is 8. The number of aliphatic hydroxyl groups is 1. The van der Waals surface area contributed by atoms with Crippen LogP contribution in [0.5, 0.6) is 0 Å². The van der Waals surface area contributed by atoms with Crippen molar-refractivity contribution in [2.75, 3.05) is 12.0 Å². The van der Waals surface area contributed by atoms with Crippen LogP contribution >= 0.6 is 11.8 Å². The van der Waals surface area contributed by atoms with Gasteiger partial charge in [0, 0.05) is 12.5 Å². The summed E-state index contributed by atoms with van der Waals surface area (Å²) >= 11 is 1.52. The Kier molecular flexibility index (Phi) is 19.5. The van der Waals surface area contributed by atoms with Crippen LogP contribution < -0.4 is 26.6 Å². The molecule has 0 bridgehead atoms. The summed E-state index contributed by atoms with van der Waals surface area (Å²) in [5, 5.41) is 25.4. The van der Waals surface area contributed by atoms with Crippen molar-refractivity contribution in [1.82, 2.24) is 26.6 Å². The lowest BCUT2D eigenvalue weighted by Gasteiger charge is -2.31. The van der Waals surface area contributed by atoms with Gasteiger partial charge in [-0.25, -0.2) is 4.79 Å². The van der Waals surface area contributed by atoms with Gasteiger partial charge in [0.1, 0.15) is 23.7 Å². The highest BCUT2D eigenvalue weighted by Gasteiger charge is 2.33. The Balaban J connectivity index is 3.00. The smallest absolute Gasteiger partial charge is 0.408 e. The maximum absolute atomic E-state index is 13.7. The number of alkyl carbamates (subject to hydrolysis) is 1. The van der Waals surface area contributed by atoms with Crippen LogP contribution in [0.25, 0.3) is 0 Å². The Morgan fingerprint density at radius 3 is 1.86 bits per heavy atom. The summed E-state index contributed by atoms with van der Waals surface area (Å²) in [6.07, 6.45) is 0.865. The number of nitrogens with one attached hydrogen (secondary N) is 5. The largest absolute Gasteiger partial charge is 0.444 e. The average Bonchev–Trinajstić information content (AvgIpc) is 3.01. The van der Waals surface area contributed by atoms with Crippen LogP contribution in [-0.2, 0) is 30.5 Å². The fourth-order valence-corrected chi connectivity index (χ4v) is 5.67. The zero-order valence-electron chi connectivity index (χ0n) is 31.9. The second-order valence-electron chi connectivity index (χ2n) is 15.1. The molecule has 0 radical (unpaired) electrons. The van der Waals surface area contributed by atoms with Crippen molar-refractivity contribution in [3.05, 3.63) is 35.9 Å². The molecule has 0 aliphatic carbocycles. The molecule has 1 aromatic rings. The van der Waals surface area contributed by atoms with Crippen molar-refractivity contribution in [3.63, 3.8) is 0 Å². The van der Waals surface area contributed by atoms with E-state index in [0.717, 1.165) is 5.56 Å². The van der Waals surface area contributed by atoms with E-state index in [1.807, 2.05) is 64.3 Å². The van der Waals surface area contributed by atoms with Crippen molar-refractivity contribution in [2.45, 2.75) is 131 Å². The molecule has 4 unspecified atom stereocenters. The van der Waals surface area contributed by atoms with E-state index in [2.05, 4.69) is 26.6 Å². The van der Waals surface area contributed by atoms with Crippen LogP contribution in [0.1, 0.15) is 94.1 Å². The van der Waals surface area contributed by atoms with Crippen LogP contribution in [0.15, 0.2) is 30.3 Å². The lowest BCUT2D eigenvalue weighted by molar-refractivity contribution is -0.133. The first kappa shape index (κ1) is 44.7. The predicted octanol–water partition coefficient (Wildman–Crippen LogP) is 4.15. The summed E-state index contributed by atoms with van der Waals surface area (Å²) < 4.78 is 5.33. The van der Waals surface area contributed by atoms with E-state index >= 15 is 0 Å². The van der Waals surface area contributed by atoms with Gasteiger partial charge in [-0.1, -0.05) is 78.8 Å². The summed E-state index contributed by atoms with van der Waals surface area (Å²) in [5.41, 5.74) is 0.192. The van der Waals surface area contributed by atoms with Gasteiger partial charge >= 0.3 is 6.09 Å². The van der Waals surface area contributed by atoms with Gasteiger partial charge in [0.15, 0.2) is 0 Å². The lowest BCUT2D eigenvalue weighted by atomic mass is 9.91. The topological polar surface area (TPSA) is 175 Å². The SMILES string of the molecule is CSCCC(NC(=O)[C@@H](NC(=O)OC(C)(C)C)C(C)C)C(=O)N[C@@H](CC(C)C)C(O)CC(C)C(=O)NC(C(=O)NCc1ccccc1)C(C)C. The Labute approximate surface area is 303 Å². The standard InChI is InChI=1S/C37H63N5O7S/c1-22(2)19-28(29(43)20-25(7)32(44)41-30(23(3)4)34(46)38-21-26-15-13-12-14-16-26)40-33(45)27(17-18-50-11)39-35(47)31(24(5)6)42-36(48)49-37(8,9)10/h12-16,22-25,27-31,43H,17-21H2,1-11H3,(H,38,46)(H,39,47)(H,40,45)(H,41,44)(H,42,48)/t25?,27?,28-,29?,30?,31-/m0/s1. The Hall–Kier alpha value is -3.32. The normalized spacial score (nSPS) is 15.3. The monoisotopic (exact) mass is 721 g/mol. The van der Waals surface area contributed by atoms with Crippen molar-refractivity contribution in [2.24, 2.45) is 23.7 Å². The molecular formula is C37H63N5O7S. The molecule has 0 aliphatic heterocycles. The number of carbonyl (C=O) groups excluding carboxylic acids is 5. The summed E-state index contributed by atoms with van der Waals surface area (Å²) in [6.45, 7) is 18.4. The van der Waals surface area contributed by atoms with Gasteiger partial charge in [0.05, 0.1) is 12.1 Å². The van der Waals surface area contributed by atoms with Gasteiger partial charge < -0.3 is 36.4 Å². The number of ether oxygens (including phenoxy) is 1. The first-order valence-electron chi connectivity index (χ1n) is 17.6. The molecule has 0 saturated heterocycles. The highest BCUT2D eigenvalue weighted by atomic mass is 32.2. The second kappa shape index (κ2) is 21.8. The fraction of sp³-hybridized carbons (Fsp3) is 0.703. The molecule has 0 heterocycles. The summed E-state index contributed by atoms with van der Waals surface area (Å²) in [4.78, 5) is 65.8. The number of carbonyl (C=O) groups is 5. The number of aliphatic hydroxyl groups excluding tert-OH is 1. The zero-order chi connectivity index (χ0) is 38.2. The number of thioether (sulfide) groups is 1. The summed E-state index contributed by atoms with van der Waals surface area (Å²) in [5.74, 6) is -2.13. The molecular weight excluding hydrogens is 659 g/mol. The molecule has 284 valence electrons. The fourth-order valence-electron chi connectivity index (χ4n) is 5.20. The average molecular weight is 722 g/mol. The second-order valence-corrected chi connectivity index (χ2v) is 16.1. The minimum Gasteiger partial charge on any atom is -0.444 e. The van der Waals surface area contributed by atoms with E-state index in [0.29, 0.717) is 25.1 Å². The highest BCUT2D eigenvalue weighted by molar-refractivity contribution is 7.98. The maximum Gasteiger partial charge on any atom is 0.408 e. The first-order valence-corrected chi connectivity index (χ1v) is 19.0. The highest BCUT2D eigenvalue weighted by Crippen LogP contribution is 2.18. The van der Waals surface area contributed by atoms with Crippen molar-refractivity contribution < 1.29 is 33.8 Å². The molecule has 1 rings (SSSR count). The van der Waals surface area contributed by atoms with Crippen molar-refractivity contribution in [1.29, 1.82) is 0 Å². The van der Waals surface area contributed by atoms with Crippen molar-refractivity contribution >= 4 is 41.5 Å². The van der Waals surface area contributed by atoms with Gasteiger partial charge in [-0.3, -0.25) is 19.2 Å². The molecule has 0 aliphatic rings. The third-order valence-electron chi connectivity index (χ3n) is 7.98. The molecule has 0 aromatic heterocycles. The maximum atomic E-state index is 13.7. The summed E-state index contributed by atoms with van der Waals surface area (Å²) in [6, 6.07) is 6.14. The van der Waals surface area contributed by atoms with Gasteiger partial charge in [-0.05, 0) is 75.4 Å². The Morgan fingerprint density at radius 2 is 1.34 bits per heavy atom. The van der Waals surface area contributed by atoms with E-state index in [1.165, 1.54) is 11.8 Å². The quantitative estimate of drug-likeness (QED) is 0.117. The van der Waals surface area contributed by atoms with E-state index in [9.17, 15) is 29.1 Å². The molecule has 50 heavy (non-hydrogen) atoms. The van der Waals surface area contributed by atoms with Crippen LogP contribution in [0.2, 0.25) is 0 Å². The number of rotatable bonds is 20. The van der Waals surface area contributed by atoms with Crippen LogP contribution in [0.3, 0.4) is 0 Å². The molecule has 6 N–H and O–H groups in total. The number of amides is 5. The molecule has 13 heteroatoms. The van der Waals surface area contributed by atoms with E-state index in [1.54, 1.807) is 41.5 Å². The van der Waals surface area contributed by atoms with Gasteiger partial charge in [0.25, 0.3) is 0 Å². The van der Waals surface area contributed by atoms with E-state index in [-0.39, 0.29) is 36.0 Å². The van der Waals surface area contributed by atoms with E-state index in [4.69, 9.17) is 4.74 Å². The van der Waals surface area contributed by atoms with Gasteiger partial charge in [-0.15, -0.1) is 0 Å². The molecule has 12 nitrogen and oxygen atoms in total. The van der Waals surface area contributed by atoms with Crippen LogP contribution in [0.4, 0.5) is 4.79 Å². The first-order chi connectivity index (χ1) is 23.2. The molecule has 1 aromatic carbocycles. The van der Waals surface area contributed by atoms with E-state index < -0.39 is 59.7 Å². The number of hydrogen-bond donors (Lipinski definition) is 6. The minimum atomic E-state index is -1.08. The lowest BCUT2D eigenvalue weighted by Crippen LogP contribution is -2.58. The summed E-state index contributed by atoms with van der Waals surface area (Å²) in [7, 11) is 0. The Bertz CT molecular complexity index is 1220. The molecule has 0 spiro atoms. The predicted molar refractivity (Wildman–Crippen MR) is 199 cm³/mol. The van der Waals surface area contributed by atoms with Gasteiger partial charge in [-0.2, -0.15) is 11.8 Å². The zero-order valence-corrected chi connectivity index (χ0v) is 32.7. The molecule has 5 amide bonds. The Morgan fingerprint density at radius 1 is 0.760 bits per heavy atom. The third-order valence-corrected chi connectivity index (χ3v) is 8.63. The molecule has 0 fully saturated rings. The molecule has 0 saturated carbocycles. The number of benzene rings is 1. The van der Waals surface area contributed by atoms with Crippen molar-refractivity contribution in [3.8, 4) is 0 Å². The van der Waals surface area contributed by atoms with Crippen LogP contribution in [0, 0.1) is 23.7 Å². The molecule has 6 atom stereocenters. The van der Waals surface area contributed by atoms with Crippen LogP contribution in [-0.4, -0.2) is 82.7 Å². The van der Waals surface area contributed by atoms with Gasteiger partial charge in [0.2, 0.25) is 23.6 Å². The minimum absolute atomic E-state index is 0.0387.